The van der Waals surface area contributed by atoms with Gasteiger partial charge in [0.15, 0.2) is 40.8 Å². The van der Waals surface area contributed by atoms with Crippen LogP contribution in [0.3, 0.4) is 0 Å². The molecule has 7 aromatic heterocycles. The lowest BCUT2D eigenvalue weighted by Crippen LogP contribution is -2.06. The van der Waals surface area contributed by atoms with Crippen molar-refractivity contribution < 1.29 is 0 Å². The van der Waals surface area contributed by atoms with Crippen molar-refractivity contribution in [3.63, 3.8) is 0 Å². The van der Waals surface area contributed by atoms with E-state index in [-0.39, 0.29) is 0 Å². The molecular weight excluding hydrogens is 1190 g/mol. The van der Waals surface area contributed by atoms with E-state index in [0.717, 1.165) is 111 Å². The Hall–Kier alpha value is -12.9. The van der Waals surface area contributed by atoms with Crippen molar-refractivity contribution in [2.45, 2.75) is 55.4 Å². The van der Waals surface area contributed by atoms with E-state index in [2.05, 4.69) is 144 Å². The molecule has 18 heteroatoms. The first kappa shape index (κ1) is 58.2. The molecule has 16 rings (SSSR count). The third kappa shape index (κ3) is 10.6. The predicted octanol–water partition coefficient (Wildman–Crippen LogP) is 16.1. The Bertz CT molecular complexity index is 5560. The molecule has 0 radical (unpaired) electrons. The van der Waals surface area contributed by atoms with E-state index in [1.165, 1.54) is 0 Å². The maximum absolute atomic E-state index is 10.4. The second-order valence-corrected chi connectivity index (χ2v) is 23.8. The van der Waals surface area contributed by atoms with Crippen molar-refractivity contribution in [3.8, 4) is 119 Å². The monoisotopic (exact) mass is 1240 g/mol. The van der Waals surface area contributed by atoms with Crippen LogP contribution >= 0.6 is 0 Å². The van der Waals surface area contributed by atoms with Crippen LogP contribution < -0.4 is 0 Å². The summed E-state index contributed by atoms with van der Waals surface area (Å²) in [5.74, 6) is 8.67. The lowest BCUT2D eigenvalue weighted by atomic mass is 9.92. The van der Waals surface area contributed by atoms with Crippen molar-refractivity contribution >= 4 is 43.6 Å². The number of rotatable bonds is 11. The van der Waals surface area contributed by atoms with Gasteiger partial charge >= 0.3 is 0 Å². The fourth-order valence-electron chi connectivity index (χ4n) is 13.1. The van der Waals surface area contributed by atoms with Crippen molar-refractivity contribution in [3.05, 3.63) is 246 Å². The maximum atomic E-state index is 10.4. The lowest BCUT2D eigenvalue weighted by molar-refractivity contribution is 0.928. The summed E-state index contributed by atoms with van der Waals surface area (Å²) in [6.07, 6.45) is 0. The fourth-order valence-corrected chi connectivity index (χ4v) is 13.1. The molecule has 16 aromatic rings. The molecule has 18 nitrogen and oxygen atoms in total. The minimum atomic E-state index is 0.425. The summed E-state index contributed by atoms with van der Waals surface area (Å²) in [6, 6.07) is 68.6. The van der Waals surface area contributed by atoms with Crippen LogP contribution in [0.5, 0.6) is 0 Å². The van der Waals surface area contributed by atoms with Crippen LogP contribution in [0.15, 0.2) is 194 Å². The van der Waals surface area contributed by atoms with E-state index in [1.54, 1.807) is 0 Å². The van der Waals surface area contributed by atoms with Crippen molar-refractivity contribution in [1.82, 2.24) is 83.9 Å². The molecule has 0 fully saturated rings. The molecule has 0 unspecified atom stereocenters. The molecule has 96 heavy (non-hydrogen) atoms. The van der Waals surface area contributed by atoms with Gasteiger partial charge in [0.1, 0.15) is 46.6 Å². The van der Waals surface area contributed by atoms with Gasteiger partial charge in [-0.2, -0.15) is 5.26 Å². The van der Waals surface area contributed by atoms with Crippen molar-refractivity contribution in [1.29, 1.82) is 5.26 Å². The Morgan fingerprint density at radius 3 is 0.979 bits per heavy atom. The average Bonchev–Trinajstić information content (AvgIpc) is 1.55. The highest BCUT2D eigenvalue weighted by molar-refractivity contribution is 6.14. The molecule has 0 spiro atoms. The third-order valence-electron chi connectivity index (χ3n) is 17.1. The van der Waals surface area contributed by atoms with Crippen LogP contribution in [-0.2, 0) is 0 Å². The number of fused-ring (bicyclic) bond motifs is 6. The topological polar surface area (TPSA) is 227 Å². The average molecular weight is 1250 g/mol. The molecule has 0 atom stereocenters. The quantitative estimate of drug-likeness (QED) is 0.117. The Balaban J connectivity index is 1.04. The molecule has 9 aromatic carbocycles. The highest BCUT2D eigenvalue weighted by Gasteiger charge is 2.28. The van der Waals surface area contributed by atoms with Crippen LogP contribution in [0.25, 0.3) is 157 Å². The first-order chi connectivity index (χ1) is 46.7. The summed E-state index contributed by atoms with van der Waals surface area (Å²) in [6.45, 7) is 15.1. The van der Waals surface area contributed by atoms with Crippen LogP contribution in [0.2, 0.25) is 0 Å². The number of hydrogen-bond acceptors (Lipinski definition) is 16. The Labute approximate surface area is 551 Å². The summed E-state index contributed by atoms with van der Waals surface area (Å²) in [7, 11) is 0. The van der Waals surface area contributed by atoms with Gasteiger partial charge in [0.25, 0.3) is 0 Å². The van der Waals surface area contributed by atoms with E-state index in [0.29, 0.717) is 98.5 Å². The molecule has 0 amide bonds. The molecular formula is C78H56N18. The highest BCUT2D eigenvalue weighted by Crippen LogP contribution is 2.47. The SMILES string of the molecule is Cc1nc(C)nc(-c2ccc3c(c2)c2cc(-c4nc(C)nc(C)n4)ccc2n3-c2ccc(-c3cccc(C#N)c3)cc2-c2cccc(-n3c4ccc(-c5nc(C)nc(C)n5)cc4c4cc(-c5nc(C)nc(C)n5)ccc43)c2-c2nc(-c3ccccc3)nc(-c3ccccc3)n2)n1. The van der Waals surface area contributed by atoms with Crippen LogP contribution in [-0.4, -0.2) is 83.9 Å². The first-order valence-electron chi connectivity index (χ1n) is 31.4. The van der Waals surface area contributed by atoms with Gasteiger partial charge in [-0.05, 0) is 175 Å². The van der Waals surface area contributed by atoms with Crippen LogP contribution in [0, 0.1) is 66.7 Å². The zero-order valence-electron chi connectivity index (χ0n) is 53.5. The van der Waals surface area contributed by atoms with Gasteiger partial charge < -0.3 is 9.13 Å². The van der Waals surface area contributed by atoms with Gasteiger partial charge in [0.05, 0.1) is 50.6 Å². The number of hydrogen-bond donors (Lipinski definition) is 0. The predicted molar refractivity (Wildman–Crippen MR) is 374 cm³/mol. The van der Waals surface area contributed by atoms with E-state index >= 15 is 0 Å². The summed E-state index contributed by atoms with van der Waals surface area (Å²) < 4.78 is 4.63. The second-order valence-electron chi connectivity index (χ2n) is 23.8. The molecule has 0 bridgehead atoms. The lowest BCUT2D eigenvalue weighted by Gasteiger charge is -2.21. The van der Waals surface area contributed by atoms with Gasteiger partial charge in [-0.15, -0.1) is 0 Å². The van der Waals surface area contributed by atoms with E-state index in [1.807, 2.05) is 140 Å². The van der Waals surface area contributed by atoms with Gasteiger partial charge in [-0.3, -0.25) is 0 Å². The maximum Gasteiger partial charge on any atom is 0.166 e. The normalized spacial score (nSPS) is 11.5. The highest BCUT2D eigenvalue weighted by atomic mass is 15.1. The number of aromatic nitrogens is 17. The molecule has 0 aliphatic rings. The van der Waals surface area contributed by atoms with Gasteiger partial charge in [-0.25, -0.2) is 74.8 Å². The van der Waals surface area contributed by atoms with E-state index in [4.69, 9.17) is 54.8 Å². The second kappa shape index (κ2) is 23.4. The molecule has 0 aliphatic heterocycles. The van der Waals surface area contributed by atoms with Crippen molar-refractivity contribution in [2.24, 2.45) is 0 Å². The molecule has 7 heterocycles. The smallest absolute Gasteiger partial charge is 0.166 e. The third-order valence-corrected chi connectivity index (χ3v) is 17.1. The summed E-state index contributed by atoms with van der Waals surface area (Å²) >= 11 is 0. The summed E-state index contributed by atoms with van der Waals surface area (Å²) in [5.41, 5.74) is 14.8. The minimum Gasteiger partial charge on any atom is -0.309 e. The summed E-state index contributed by atoms with van der Waals surface area (Å²) in [5, 5.41) is 14.1. The van der Waals surface area contributed by atoms with Gasteiger partial charge in [-0.1, -0.05) is 91.0 Å². The first-order valence-corrected chi connectivity index (χ1v) is 31.4. The zero-order valence-corrected chi connectivity index (χ0v) is 53.5. The van der Waals surface area contributed by atoms with Crippen molar-refractivity contribution in [2.75, 3.05) is 0 Å². The summed E-state index contributed by atoms with van der Waals surface area (Å²) in [4.78, 5) is 73.3. The molecule has 0 aliphatic carbocycles. The standard InChI is InChI=1S/C78H56N18/c1-42-80-43(2)85-74(84-42)55-26-31-66-61(37-55)62-38-56(75-86-44(3)81-45(4)87-75)27-32-67(62)95(66)65-30-25-54(53-22-15-17-50(35-53)41-79)36-60(65)59-23-16-24-70(71(59)78-93-72(51-18-11-9-12-19-51)92-73(94-78)52-20-13-10-14-21-52)96-68-33-28-57(76-88-46(5)82-47(6)89-76)39-63(68)64-40-58(29-34-69(64)96)77-90-48(7)83-49(8)91-77/h9-40H,1-8H3. The fraction of sp³-hybridized carbons (Fsp3) is 0.103. The largest absolute Gasteiger partial charge is 0.309 e. The number of benzene rings is 9. The minimum absolute atomic E-state index is 0.425. The number of aryl methyl sites for hydroxylation is 8. The molecule has 0 saturated heterocycles. The van der Waals surface area contributed by atoms with Gasteiger partial charge in [0.2, 0.25) is 0 Å². The van der Waals surface area contributed by atoms with Crippen LogP contribution in [0.1, 0.15) is 52.2 Å². The molecule has 0 N–H and O–H groups in total. The Morgan fingerprint density at radius 1 is 0.250 bits per heavy atom. The molecule has 458 valence electrons. The number of nitriles is 1. The van der Waals surface area contributed by atoms with E-state index in [9.17, 15) is 5.26 Å². The Morgan fingerprint density at radius 2 is 0.583 bits per heavy atom. The van der Waals surface area contributed by atoms with Gasteiger partial charge in [0, 0.05) is 60.5 Å². The zero-order chi connectivity index (χ0) is 65.5. The number of nitrogens with zero attached hydrogens (tertiary/aromatic N) is 18. The Kier molecular flexibility index (Phi) is 14.2. The van der Waals surface area contributed by atoms with E-state index < -0.39 is 0 Å². The van der Waals surface area contributed by atoms with Crippen LogP contribution in [0.4, 0.5) is 0 Å². The molecule has 0 saturated carbocycles.